The molecular weight excluding hydrogens is 232 g/mol. The number of aliphatic hydroxyl groups is 1. The van der Waals surface area contributed by atoms with Gasteiger partial charge in [-0.2, -0.15) is 5.26 Å². The SMILES string of the molecule is CCCC(C#N)(CCC)C(=O)NCCOCCO. The Balaban J connectivity index is 4.26. The van der Waals surface area contributed by atoms with Gasteiger partial charge in [-0.05, 0) is 12.8 Å². The molecule has 0 aromatic carbocycles. The summed E-state index contributed by atoms with van der Waals surface area (Å²) in [5.74, 6) is -0.207. The predicted octanol–water partition coefficient (Wildman–Crippen LogP) is 1.22. The molecule has 0 fully saturated rings. The molecule has 2 N–H and O–H groups in total. The van der Waals surface area contributed by atoms with Gasteiger partial charge in [-0.3, -0.25) is 4.79 Å². The summed E-state index contributed by atoms with van der Waals surface area (Å²) in [7, 11) is 0. The first-order valence-electron chi connectivity index (χ1n) is 6.55. The fourth-order valence-corrected chi connectivity index (χ4v) is 1.94. The lowest BCUT2D eigenvalue weighted by Crippen LogP contribution is -2.41. The summed E-state index contributed by atoms with van der Waals surface area (Å²) in [6.45, 7) is 4.91. The molecule has 0 radical (unpaired) electrons. The van der Waals surface area contributed by atoms with Crippen LogP contribution in [0, 0.1) is 16.7 Å². The van der Waals surface area contributed by atoms with E-state index in [0.717, 1.165) is 12.8 Å². The van der Waals surface area contributed by atoms with E-state index in [1.54, 1.807) is 0 Å². The number of nitriles is 1. The van der Waals surface area contributed by atoms with Gasteiger partial charge in [0.1, 0.15) is 5.41 Å². The van der Waals surface area contributed by atoms with E-state index in [4.69, 9.17) is 9.84 Å². The summed E-state index contributed by atoms with van der Waals surface area (Å²) < 4.78 is 5.05. The van der Waals surface area contributed by atoms with Gasteiger partial charge in [0.25, 0.3) is 0 Å². The second-order valence-electron chi connectivity index (χ2n) is 4.29. The molecule has 0 aliphatic carbocycles. The summed E-state index contributed by atoms with van der Waals surface area (Å²) >= 11 is 0. The average Bonchev–Trinajstić information content (AvgIpc) is 2.37. The molecule has 0 saturated heterocycles. The Morgan fingerprint density at radius 1 is 1.33 bits per heavy atom. The topological polar surface area (TPSA) is 82.4 Å². The third-order valence-corrected chi connectivity index (χ3v) is 2.77. The van der Waals surface area contributed by atoms with Gasteiger partial charge in [-0.1, -0.05) is 26.7 Å². The van der Waals surface area contributed by atoms with Crippen LogP contribution in [0.4, 0.5) is 0 Å². The largest absolute Gasteiger partial charge is 0.394 e. The van der Waals surface area contributed by atoms with Crippen LogP contribution in [0.2, 0.25) is 0 Å². The van der Waals surface area contributed by atoms with Gasteiger partial charge in [-0.25, -0.2) is 0 Å². The highest BCUT2D eigenvalue weighted by molar-refractivity contribution is 5.85. The Labute approximate surface area is 109 Å². The number of amides is 1. The Morgan fingerprint density at radius 3 is 2.39 bits per heavy atom. The molecule has 0 saturated carbocycles. The third kappa shape index (κ3) is 5.48. The minimum atomic E-state index is -0.902. The fraction of sp³-hybridized carbons (Fsp3) is 0.846. The first-order valence-corrected chi connectivity index (χ1v) is 6.55. The predicted molar refractivity (Wildman–Crippen MR) is 68.8 cm³/mol. The smallest absolute Gasteiger partial charge is 0.240 e. The van der Waals surface area contributed by atoms with Crippen LogP contribution in [0.1, 0.15) is 39.5 Å². The van der Waals surface area contributed by atoms with E-state index in [1.807, 2.05) is 13.8 Å². The monoisotopic (exact) mass is 256 g/mol. The van der Waals surface area contributed by atoms with E-state index in [0.29, 0.717) is 26.0 Å². The van der Waals surface area contributed by atoms with Crippen LogP contribution >= 0.6 is 0 Å². The molecule has 5 nitrogen and oxygen atoms in total. The van der Waals surface area contributed by atoms with Crippen molar-refractivity contribution < 1.29 is 14.6 Å². The van der Waals surface area contributed by atoms with Crippen molar-refractivity contribution >= 4 is 5.91 Å². The molecule has 0 heterocycles. The highest BCUT2D eigenvalue weighted by Crippen LogP contribution is 2.29. The molecule has 0 aromatic heterocycles. The molecule has 18 heavy (non-hydrogen) atoms. The van der Waals surface area contributed by atoms with Crippen molar-refractivity contribution in [1.29, 1.82) is 5.26 Å². The zero-order chi connectivity index (χ0) is 13.9. The van der Waals surface area contributed by atoms with Gasteiger partial charge < -0.3 is 15.2 Å². The second-order valence-corrected chi connectivity index (χ2v) is 4.29. The first-order chi connectivity index (χ1) is 8.66. The number of hydrogen-bond donors (Lipinski definition) is 2. The Kier molecular flexibility index (Phi) is 9.25. The van der Waals surface area contributed by atoms with Crippen LogP contribution in [0.5, 0.6) is 0 Å². The molecule has 0 unspecified atom stereocenters. The zero-order valence-corrected chi connectivity index (χ0v) is 11.4. The molecule has 104 valence electrons. The molecule has 0 spiro atoms. The van der Waals surface area contributed by atoms with Crippen LogP contribution in [-0.2, 0) is 9.53 Å². The number of rotatable bonds is 10. The summed E-state index contributed by atoms with van der Waals surface area (Å²) in [5, 5.41) is 20.5. The molecule has 5 heteroatoms. The van der Waals surface area contributed by atoms with Crippen molar-refractivity contribution in [3.05, 3.63) is 0 Å². The molecule has 1 amide bonds. The maximum atomic E-state index is 12.1. The first kappa shape index (κ1) is 16.9. The Morgan fingerprint density at radius 2 is 1.94 bits per heavy atom. The van der Waals surface area contributed by atoms with Crippen LogP contribution in [0.15, 0.2) is 0 Å². The standard InChI is InChI=1S/C13H24N2O3/c1-3-5-13(11-14,6-4-2)12(17)15-7-9-18-10-8-16/h16H,3-10H2,1-2H3,(H,15,17). The van der Waals surface area contributed by atoms with E-state index >= 15 is 0 Å². The maximum absolute atomic E-state index is 12.1. The van der Waals surface area contributed by atoms with E-state index in [9.17, 15) is 10.1 Å². The van der Waals surface area contributed by atoms with E-state index < -0.39 is 5.41 Å². The van der Waals surface area contributed by atoms with E-state index in [-0.39, 0.29) is 19.1 Å². The van der Waals surface area contributed by atoms with Crippen molar-refractivity contribution in [2.24, 2.45) is 5.41 Å². The number of nitrogens with one attached hydrogen (secondary N) is 1. The number of carbonyl (C=O) groups excluding carboxylic acids is 1. The van der Waals surface area contributed by atoms with Crippen molar-refractivity contribution in [1.82, 2.24) is 5.32 Å². The summed E-state index contributed by atoms with van der Waals surface area (Å²) in [6, 6.07) is 2.18. The quantitative estimate of drug-likeness (QED) is 0.576. The van der Waals surface area contributed by atoms with Crippen molar-refractivity contribution in [2.75, 3.05) is 26.4 Å². The van der Waals surface area contributed by atoms with Gasteiger partial charge in [-0.15, -0.1) is 0 Å². The van der Waals surface area contributed by atoms with Gasteiger partial charge >= 0.3 is 0 Å². The van der Waals surface area contributed by atoms with Crippen LogP contribution in [-0.4, -0.2) is 37.4 Å². The third-order valence-electron chi connectivity index (χ3n) is 2.77. The number of carbonyl (C=O) groups is 1. The Hall–Kier alpha value is -1.12. The zero-order valence-electron chi connectivity index (χ0n) is 11.4. The fourth-order valence-electron chi connectivity index (χ4n) is 1.94. The molecule has 0 aliphatic heterocycles. The van der Waals surface area contributed by atoms with Gasteiger partial charge in [0, 0.05) is 6.54 Å². The van der Waals surface area contributed by atoms with Gasteiger partial charge in [0.15, 0.2) is 0 Å². The summed E-state index contributed by atoms with van der Waals surface area (Å²) in [4.78, 5) is 12.1. The lowest BCUT2D eigenvalue weighted by atomic mass is 9.80. The Bertz CT molecular complexity index is 268. The molecule has 0 rings (SSSR count). The maximum Gasteiger partial charge on any atom is 0.240 e. The molecule has 0 aromatic rings. The highest BCUT2D eigenvalue weighted by atomic mass is 16.5. The number of hydrogen-bond acceptors (Lipinski definition) is 4. The molecule has 0 aliphatic rings. The van der Waals surface area contributed by atoms with Gasteiger partial charge in [0.2, 0.25) is 5.91 Å². The van der Waals surface area contributed by atoms with E-state index in [2.05, 4.69) is 11.4 Å². The van der Waals surface area contributed by atoms with Crippen LogP contribution in [0.3, 0.4) is 0 Å². The number of nitrogens with zero attached hydrogens (tertiary/aromatic N) is 1. The molecular formula is C13H24N2O3. The minimum absolute atomic E-state index is 0.0260. The van der Waals surface area contributed by atoms with Crippen molar-refractivity contribution in [2.45, 2.75) is 39.5 Å². The number of aliphatic hydroxyl groups excluding tert-OH is 1. The van der Waals surface area contributed by atoms with Crippen molar-refractivity contribution in [3.63, 3.8) is 0 Å². The lowest BCUT2D eigenvalue weighted by molar-refractivity contribution is -0.129. The van der Waals surface area contributed by atoms with Crippen molar-refractivity contribution in [3.8, 4) is 6.07 Å². The molecule has 0 atom stereocenters. The molecule has 0 bridgehead atoms. The summed E-state index contributed by atoms with van der Waals surface area (Å²) in [6.07, 6.45) is 2.78. The minimum Gasteiger partial charge on any atom is -0.394 e. The highest BCUT2D eigenvalue weighted by Gasteiger charge is 2.36. The van der Waals surface area contributed by atoms with Crippen LogP contribution in [0.25, 0.3) is 0 Å². The average molecular weight is 256 g/mol. The number of ether oxygens (including phenoxy) is 1. The van der Waals surface area contributed by atoms with E-state index in [1.165, 1.54) is 0 Å². The summed E-state index contributed by atoms with van der Waals surface area (Å²) in [5.41, 5.74) is -0.902. The van der Waals surface area contributed by atoms with Gasteiger partial charge in [0.05, 0.1) is 25.9 Å². The van der Waals surface area contributed by atoms with Crippen LogP contribution < -0.4 is 5.32 Å². The normalized spacial score (nSPS) is 11.0. The second kappa shape index (κ2) is 9.86. The lowest BCUT2D eigenvalue weighted by Gasteiger charge is -2.24.